The zero-order chi connectivity index (χ0) is 22.8. The van der Waals surface area contributed by atoms with Crippen LogP contribution in [-0.2, 0) is 11.3 Å². The van der Waals surface area contributed by atoms with Gasteiger partial charge in [-0.25, -0.2) is 0 Å². The molecular weight excluding hydrogens is 430 g/mol. The van der Waals surface area contributed by atoms with Gasteiger partial charge in [0.2, 0.25) is 5.91 Å². The van der Waals surface area contributed by atoms with Crippen molar-refractivity contribution in [3.63, 3.8) is 0 Å². The van der Waals surface area contributed by atoms with Gasteiger partial charge in [-0.2, -0.15) is 0 Å². The maximum Gasteiger partial charge on any atom is 0.228 e. The van der Waals surface area contributed by atoms with E-state index >= 15 is 0 Å². The second-order valence-corrected chi connectivity index (χ2v) is 8.69. The lowest BCUT2D eigenvalue weighted by molar-refractivity contribution is -0.119. The Hall–Kier alpha value is -3.56. The number of hydrogen-bond donors (Lipinski definition) is 0. The van der Waals surface area contributed by atoms with Crippen molar-refractivity contribution in [2.24, 2.45) is 0 Å². The van der Waals surface area contributed by atoms with Crippen LogP contribution in [-0.4, -0.2) is 12.5 Å². The Morgan fingerprint density at radius 3 is 2.48 bits per heavy atom. The van der Waals surface area contributed by atoms with Crippen molar-refractivity contribution >= 4 is 34.0 Å². The Kier molecular flexibility index (Phi) is 5.89. The molecule has 5 rings (SSSR count). The molecule has 1 heterocycles. The maximum absolute atomic E-state index is 13.4. The van der Waals surface area contributed by atoms with E-state index in [1.54, 1.807) is 6.08 Å². The monoisotopic (exact) mass is 453 g/mol. The Bertz CT molecular complexity index is 1310. The molecule has 33 heavy (non-hydrogen) atoms. The van der Waals surface area contributed by atoms with E-state index in [1.807, 2.05) is 41.3 Å². The first-order valence-electron chi connectivity index (χ1n) is 11.0. The van der Waals surface area contributed by atoms with Crippen molar-refractivity contribution in [2.75, 3.05) is 11.5 Å². The molecule has 164 valence electrons. The standard InChI is InChI=1S/C29H24ClNO2/c1-2-17-33-24-14-9-22(10-15-24)26-18-28(32)31(19-20-7-12-23(30)13-8-20)27-16-11-21-5-3-4-6-25(21)29(26)27/h2-16,26H,1,17-19H2. The highest BCUT2D eigenvalue weighted by Gasteiger charge is 2.33. The van der Waals surface area contributed by atoms with Gasteiger partial charge in [-0.1, -0.05) is 78.9 Å². The minimum absolute atomic E-state index is 0.0199. The van der Waals surface area contributed by atoms with Crippen LogP contribution in [0.5, 0.6) is 5.75 Å². The molecule has 0 aliphatic carbocycles. The molecule has 4 aromatic carbocycles. The summed E-state index contributed by atoms with van der Waals surface area (Å²) in [5.41, 5.74) is 4.32. The second kappa shape index (κ2) is 9.13. The van der Waals surface area contributed by atoms with E-state index in [0.717, 1.165) is 22.6 Å². The first kappa shape index (κ1) is 21.3. The summed E-state index contributed by atoms with van der Waals surface area (Å²) < 4.78 is 5.65. The van der Waals surface area contributed by atoms with Crippen LogP contribution >= 0.6 is 11.6 Å². The Morgan fingerprint density at radius 2 is 1.73 bits per heavy atom. The molecule has 0 fully saturated rings. The van der Waals surface area contributed by atoms with Crippen molar-refractivity contribution in [3.05, 3.63) is 119 Å². The summed E-state index contributed by atoms with van der Waals surface area (Å²) in [7, 11) is 0. The highest BCUT2D eigenvalue weighted by atomic mass is 35.5. The van der Waals surface area contributed by atoms with Gasteiger partial charge in [-0.3, -0.25) is 4.79 Å². The van der Waals surface area contributed by atoms with Gasteiger partial charge in [0.25, 0.3) is 0 Å². The van der Waals surface area contributed by atoms with Crippen LogP contribution in [0.4, 0.5) is 5.69 Å². The van der Waals surface area contributed by atoms with E-state index in [1.165, 1.54) is 16.3 Å². The fourth-order valence-corrected chi connectivity index (χ4v) is 4.71. The first-order valence-corrected chi connectivity index (χ1v) is 11.4. The highest BCUT2D eigenvalue weighted by molar-refractivity contribution is 6.30. The van der Waals surface area contributed by atoms with Crippen molar-refractivity contribution in [2.45, 2.75) is 18.9 Å². The van der Waals surface area contributed by atoms with Gasteiger partial charge >= 0.3 is 0 Å². The fraction of sp³-hybridized carbons (Fsp3) is 0.138. The van der Waals surface area contributed by atoms with Crippen LogP contribution in [0, 0.1) is 0 Å². The third-order valence-electron chi connectivity index (χ3n) is 6.17. The Morgan fingerprint density at radius 1 is 0.970 bits per heavy atom. The SMILES string of the molecule is C=CCOc1ccc(C2CC(=O)N(Cc3ccc(Cl)cc3)c3ccc4ccccc4c32)cc1. The lowest BCUT2D eigenvalue weighted by atomic mass is 9.81. The van der Waals surface area contributed by atoms with Crippen LogP contribution < -0.4 is 9.64 Å². The normalized spacial score (nSPS) is 15.4. The maximum atomic E-state index is 13.4. The number of carbonyl (C=O) groups is 1. The summed E-state index contributed by atoms with van der Waals surface area (Å²) in [4.78, 5) is 15.3. The minimum Gasteiger partial charge on any atom is -0.490 e. The van der Waals surface area contributed by atoms with Crippen molar-refractivity contribution in [1.82, 2.24) is 0 Å². The number of rotatable bonds is 6. The topological polar surface area (TPSA) is 29.5 Å². The van der Waals surface area contributed by atoms with E-state index in [4.69, 9.17) is 16.3 Å². The number of benzene rings is 4. The molecule has 0 radical (unpaired) electrons. The van der Waals surface area contributed by atoms with Gasteiger partial charge in [0.15, 0.2) is 0 Å². The molecule has 1 unspecified atom stereocenters. The first-order chi connectivity index (χ1) is 16.1. The zero-order valence-electron chi connectivity index (χ0n) is 18.2. The molecule has 1 aliphatic heterocycles. The van der Waals surface area contributed by atoms with Crippen molar-refractivity contribution < 1.29 is 9.53 Å². The van der Waals surface area contributed by atoms with Gasteiger partial charge in [0, 0.05) is 23.0 Å². The molecule has 4 heteroatoms. The third kappa shape index (κ3) is 4.24. The van der Waals surface area contributed by atoms with E-state index < -0.39 is 0 Å². The predicted molar refractivity (Wildman–Crippen MR) is 135 cm³/mol. The largest absolute Gasteiger partial charge is 0.490 e. The summed E-state index contributed by atoms with van der Waals surface area (Å²) >= 11 is 6.06. The van der Waals surface area contributed by atoms with E-state index in [9.17, 15) is 4.79 Å². The van der Waals surface area contributed by atoms with Crippen LogP contribution in [0.2, 0.25) is 5.02 Å². The predicted octanol–water partition coefficient (Wildman–Crippen LogP) is 7.13. The summed E-state index contributed by atoms with van der Waals surface area (Å²) in [6.07, 6.45) is 2.15. The lowest BCUT2D eigenvalue weighted by Gasteiger charge is -2.35. The number of nitrogens with zero attached hydrogens (tertiary/aromatic N) is 1. The average molecular weight is 454 g/mol. The summed E-state index contributed by atoms with van der Waals surface area (Å²) in [6.45, 7) is 4.68. The van der Waals surface area contributed by atoms with Gasteiger partial charge < -0.3 is 9.64 Å². The number of hydrogen-bond acceptors (Lipinski definition) is 2. The van der Waals surface area contributed by atoms with Gasteiger partial charge in [-0.15, -0.1) is 0 Å². The van der Waals surface area contributed by atoms with E-state index in [2.05, 4.69) is 55.1 Å². The number of halogens is 1. The summed E-state index contributed by atoms with van der Waals surface area (Å²) in [5, 5.41) is 3.05. The molecule has 3 nitrogen and oxygen atoms in total. The van der Waals surface area contributed by atoms with Crippen LogP contribution in [0.25, 0.3) is 10.8 Å². The Balaban J connectivity index is 1.59. The zero-order valence-corrected chi connectivity index (χ0v) is 19.0. The second-order valence-electron chi connectivity index (χ2n) is 8.25. The molecule has 1 aliphatic rings. The molecule has 1 amide bonds. The molecule has 4 aromatic rings. The fourth-order valence-electron chi connectivity index (χ4n) is 4.59. The average Bonchev–Trinajstić information content (AvgIpc) is 2.85. The highest BCUT2D eigenvalue weighted by Crippen LogP contribution is 2.44. The van der Waals surface area contributed by atoms with Crippen molar-refractivity contribution in [1.29, 1.82) is 0 Å². The van der Waals surface area contributed by atoms with Crippen LogP contribution in [0.3, 0.4) is 0 Å². The number of ether oxygens (including phenoxy) is 1. The van der Waals surface area contributed by atoms with E-state index in [0.29, 0.717) is 24.6 Å². The van der Waals surface area contributed by atoms with Crippen molar-refractivity contribution in [3.8, 4) is 5.75 Å². The molecule has 1 atom stereocenters. The summed E-state index contributed by atoms with van der Waals surface area (Å²) in [6, 6.07) is 28.3. The van der Waals surface area contributed by atoms with Crippen LogP contribution in [0.1, 0.15) is 29.0 Å². The third-order valence-corrected chi connectivity index (χ3v) is 6.42. The summed E-state index contributed by atoms with van der Waals surface area (Å²) in [5.74, 6) is 0.890. The lowest BCUT2D eigenvalue weighted by Crippen LogP contribution is -2.36. The molecular formula is C29H24ClNO2. The van der Waals surface area contributed by atoms with Crippen LogP contribution in [0.15, 0.2) is 97.6 Å². The smallest absolute Gasteiger partial charge is 0.228 e. The Labute approximate surface area is 198 Å². The molecule has 0 N–H and O–H groups in total. The molecule has 0 saturated carbocycles. The van der Waals surface area contributed by atoms with Gasteiger partial charge in [0.05, 0.1) is 6.54 Å². The minimum atomic E-state index is -0.0199. The van der Waals surface area contributed by atoms with Gasteiger partial charge in [-0.05, 0) is 57.8 Å². The number of carbonyl (C=O) groups excluding carboxylic acids is 1. The molecule has 0 spiro atoms. The molecule has 0 bridgehead atoms. The quantitative estimate of drug-likeness (QED) is 0.291. The van der Waals surface area contributed by atoms with Gasteiger partial charge in [0.1, 0.15) is 12.4 Å². The molecule has 0 aromatic heterocycles. The number of amides is 1. The number of anilines is 1. The molecule has 0 saturated heterocycles. The van der Waals surface area contributed by atoms with E-state index in [-0.39, 0.29) is 11.8 Å². The number of fused-ring (bicyclic) bond motifs is 3.